The van der Waals surface area contributed by atoms with Crippen molar-refractivity contribution in [3.05, 3.63) is 152 Å². The number of hydrogen-bond acceptors (Lipinski definition) is 8. The Balaban J connectivity index is 1.00. The largest absolute Gasteiger partial charge is 0.489 e. The number of halogens is 2. The van der Waals surface area contributed by atoms with Crippen molar-refractivity contribution in [3.63, 3.8) is 0 Å². The van der Waals surface area contributed by atoms with Gasteiger partial charge in [-0.1, -0.05) is 83.9 Å². The lowest BCUT2D eigenvalue weighted by molar-refractivity contribution is -0.145. The van der Waals surface area contributed by atoms with E-state index in [1.807, 2.05) is 72.8 Å². The average Bonchev–Trinajstić information content (AvgIpc) is 3.22. The van der Waals surface area contributed by atoms with Gasteiger partial charge >= 0.3 is 5.97 Å². The van der Waals surface area contributed by atoms with Gasteiger partial charge in [-0.25, -0.2) is 4.79 Å². The van der Waals surface area contributed by atoms with Gasteiger partial charge in [0.2, 0.25) is 11.8 Å². The monoisotopic (exact) mass is 788 g/mol. The fraction of sp³-hybridized carbons (Fsp3) is 0.227. The molecule has 2 aliphatic heterocycles. The van der Waals surface area contributed by atoms with Crippen LogP contribution in [0, 0.1) is 11.3 Å². The maximum Gasteiger partial charge on any atom is 0.328 e. The van der Waals surface area contributed by atoms with Crippen LogP contribution in [0.25, 0.3) is 11.1 Å². The Morgan fingerprint density at radius 1 is 0.875 bits per heavy atom. The highest BCUT2D eigenvalue weighted by Gasteiger charge is 2.34. The van der Waals surface area contributed by atoms with E-state index in [4.69, 9.17) is 42.8 Å². The van der Waals surface area contributed by atoms with E-state index in [-0.39, 0.29) is 18.2 Å². The molecule has 0 fully saturated rings. The molecule has 56 heavy (non-hydrogen) atoms. The number of fused-ring (bicyclic) bond motifs is 2. The summed E-state index contributed by atoms with van der Waals surface area (Å²) < 4.78 is 11.0. The average molecular weight is 790 g/mol. The molecule has 0 bridgehead atoms. The van der Waals surface area contributed by atoms with Crippen LogP contribution in [0.4, 0.5) is 5.69 Å². The van der Waals surface area contributed by atoms with Gasteiger partial charge in [-0.3, -0.25) is 14.4 Å². The molecule has 2 N–H and O–H groups in total. The molecule has 5 aromatic rings. The summed E-state index contributed by atoms with van der Waals surface area (Å²) in [4.78, 5) is 45.6. The van der Waals surface area contributed by atoms with Crippen LogP contribution in [0.1, 0.15) is 52.0 Å². The number of benzene rings is 5. The van der Waals surface area contributed by atoms with Crippen LogP contribution >= 0.6 is 23.2 Å². The summed E-state index contributed by atoms with van der Waals surface area (Å²) in [5, 5.41) is 17.6. The number of hydrogen-bond donors (Lipinski definition) is 2. The topological polar surface area (TPSA) is 130 Å². The quantitative estimate of drug-likeness (QED) is 0.139. The van der Waals surface area contributed by atoms with Gasteiger partial charge < -0.3 is 20.1 Å². The first-order chi connectivity index (χ1) is 27.1. The molecule has 0 aromatic heterocycles. The highest BCUT2D eigenvalue weighted by molar-refractivity contribution is 6.42. The van der Waals surface area contributed by atoms with E-state index in [1.54, 1.807) is 24.3 Å². The molecule has 2 amide bonds. The molecular weight excluding hydrogens is 751 g/mol. The first-order valence-electron chi connectivity index (χ1n) is 18.1. The van der Waals surface area contributed by atoms with Crippen LogP contribution in [0.15, 0.2) is 103 Å². The van der Waals surface area contributed by atoms with Crippen molar-refractivity contribution < 1.29 is 28.7 Å². The second-order valence-electron chi connectivity index (χ2n) is 13.8. The molecule has 5 aromatic carbocycles. The van der Waals surface area contributed by atoms with Crippen molar-refractivity contribution in [1.29, 1.82) is 5.26 Å². The van der Waals surface area contributed by atoms with Crippen molar-refractivity contribution in [3.8, 4) is 22.9 Å². The smallest absolute Gasteiger partial charge is 0.328 e. The third-order valence-corrected chi connectivity index (χ3v) is 10.7. The molecule has 0 aliphatic carbocycles. The Morgan fingerprint density at radius 3 is 2.23 bits per heavy atom. The lowest BCUT2D eigenvalue weighted by atomic mass is 9.89. The second kappa shape index (κ2) is 17.0. The Kier molecular flexibility index (Phi) is 11.7. The number of esters is 1. The fourth-order valence-corrected chi connectivity index (χ4v) is 7.30. The standard InChI is InChI=1S/C44H38Cl2N4O6/c1-26(51)50-41-21-33-20-39(43(52)49-40(44(53)54-2)18-27-3-8-30(9-4-27)31-10-5-28(23-47)6-11-31)48-24-35(33)19-34(41)22-42(56-50)32-12-14-36(15-13-32)55-25-29-7-16-37(45)38(46)17-29/h3-17,19,21,39-40,42,48H,18,20,22,24-25H2,1-2H3,(H,49,52)/t39?,40-,42-/m0/s1. The fourth-order valence-electron chi connectivity index (χ4n) is 6.98. The van der Waals surface area contributed by atoms with E-state index < -0.39 is 24.2 Å². The summed E-state index contributed by atoms with van der Waals surface area (Å²) in [6.07, 6.45) is 0.713. The summed E-state index contributed by atoms with van der Waals surface area (Å²) in [6.45, 7) is 2.21. The number of rotatable bonds is 10. The molecule has 3 atom stereocenters. The summed E-state index contributed by atoms with van der Waals surface area (Å²) in [6, 6.07) is 32.6. The molecule has 1 unspecified atom stereocenters. The van der Waals surface area contributed by atoms with E-state index >= 15 is 0 Å². The SMILES string of the molecule is COC(=O)[C@H](Cc1ccc(-c2ccc(C#N)cc2)cc1)NC(=O)C1Cc2cc3c(cc2CN1)C[C@@H](c1ccc(OCc2ccc(Cl)c(Cl)c2)cc1)ON3C(C)=O. The zero-order valence-corrected chi connectivity index (χ0v) is 32.2. The number of methoxy groups -OCH3 is 1. The van der Waals surface area contributed by atoms with Gasteiger partial charge in [-0.05, 0) is 93.4 Å². The summed E-state index contributed by atoms with van der Waals surface area (Å²) >= 11 is 12.2. The van der Waals surface area contributed by atoms with Crippen LogP contribution in [0.5, 0.6) is 5.75 Å². The number of nitriles is 1. The summed E-state index contributed by atoms with van der Waals surface area (Å²) in [5.74, 6) is -0.478. The number of ether oxygens (including phenoxy) is 2. The Labute approximate surface area is 334 Å². The van der Waals surface area contributed by atoms with E-state index in [0.29, 0.717) is 53.0 Å². The van der Waals surface area contributed by atoms with Crippen LogP contribution in [0.3, 0.4) is 0 Å². The number of nitrogens with one attached hydrogen (secondary N) is 2. The number of carbonyl (C=O) groups excluding carboxylic acids is 3. The highest BCUT2D eigenvalue weighted by atomic mass is 35.5. The zero-order valence-electron chi connectivity index (χ0n) is 30.7. The van der Waals surface area contributed by atoms with Crippen molar-refractivity contribution in [2.75, 3.05) is 12.2 Å². The van der Waals surface area contributed by atoms with Crippen LogP contribution in [0.2, 0.25) is 10.0 Å². The van der Waals surface area contributed by atoms with E-state index in [0.717, 1.165) is 44.5 Å². The predicted octanol–water partition coefficient (Wildman–Crippen LogP) is 7.61. The Hall–Kier alpha value is -5.70. The number of nitrogens with zero attached hydrogens (tertiary/aromatic N) is 2. The minimum Gasteiger partial charge on any atom is -0.489 e. The van der Waals surface area contributed by atoms with Crippen molar-refractivity contribution in [1.82, 2.24) is 10.6 Å². The van der Waals surface area contributed by atoms with Crippen molar-refractivity contribution in [2.24, 2.45) is 0 Å². The summed E-state index contributed by atoms with van der Waals surface area (Å²) in [7, 11) is 1.30. The predicted molar refractivity (Wildman–Crippen MR) is 213 cm³/mol. The van der Waals surface area contributed by atoms with Gasteiger partial charge in [-0.2, -0.15) is 10.3 Å². The highest BCUT2D eigenvalue weighted by Crippen LogP contribution is 2.39. The van der Waals surface area contributed by atoms with Crippen LogP contribution in [-0.4, -0.2) is 37.0 Å². The lowest BCUT2D eigenvalue weighted by Gasteiger charge is -2.36. The van der Waals surface area contributed by atoms with E-state index in [2.05, 4.69) is 22.8 Å². The minimum atomic E-state index is -0.901. The first kappa shape index (κ1) is 38.6. The molecular formula is C44H38Cl2N4O6. The van der Waals surface area contributed by atoms with Gasteiger partial charge in [0.15, 0.2) is 0 Å². The normalized spacial score (nSPS) is 16.4. The van der Waals surface area contributed by atoms with Crippen molar-refractivity contribution in [2.45, 2.75) is 57.5 Å². The maximum atomic E-state index is 13.6. The molecule has 2 heterocycles. The van der Waals surface area contributed by atoms with E-state index in [9.17, 15) is 14.4 Å². The van der Waals surface area contributed by atoms with Crippen LogP contribution in [-0.2, 0) is 56.4 Å². The van der Waals surface area contributed by atoms with Gasteiger partial charge in [-0.15, -0.1) is 0 Å². The Bertz CT molecular complexity index is 2310. The molecule has 0 spiro atoms. The zero-order chi connectivity index (χ0) is 39.3. The van der Waals surface area contributed by atoms with Gasteiger partial charge in [0.25, 0.3) is 0 Å². The van der Waals surface area contributed by atoms with Gasteiger partial charge in [0, 0.05) is 26.3 Å². The molecule has 2 aliphatic rings. The lowest BCUT2D eigenvalue weighted by Crippen LogP contribution is -2.53. The second-order valence-corrected chi connectivity index (χ2v) is 14.6. The van der Waals surface area contributed by atoms with Gasteiger partial charge in [0.1, 0.15) is 24.5 Å². The van der Waals surface area contributed by atoms with E-state index in [1.165, 1.54) is 19.1 Å². The molecule has 12 heteroatoms. The Morgan fingerprint density at radius 2 is 1.57 bits per heavy atom. The third kappa shape index (κ3) is 8.72. The molecule has 0 saturated heterocycles. The number of anilines is 1. The molecule has 10 nitrogen and oxygen atoms in total. The van der Waals surface area contributed by atoms with Gasteiger partial charge in [0.05, 0.1) is 40.5 Å². The molecule has 0 saturated carbocycles. The minimum absolute atomic E-state index is 0.240. The number of amides is 2. The molecule has 0 radical (unpaired) electrons. The third-order valence-electron chi connectivity index (χ3n) is 10.0. The van der Waals surface area contributed by atoms with Crippen LogP contribution < -0.4 is 20.4 Å². The maximum absolute atomic E-state index is 13.6. The molecule has 7 rings (SSSR count). The summed E-state index contributed by atoms with van der Waals surface area (Å²) in [5.41, 5.74) is 8.67. The number of hydroxylamine groups is 1. The number of carbonyl (C=O) groups is 3. The first-order valence-corrected chi connectivity index (χ1v) is 18.8. The molecule has 284 valence electrons. The van der Waals surface area contributed by atoms with Crippen molar-refractivity contribution >= 4 is 46.7 Å².